The summed E-state index contributed by atoms with van der Waals surface area (Å²) >= 11 is 0. The highest BCUT2D eigenvalue weighted by molar-refractivity contribution is 5.75. The summed E-state index contributed by atoms with van der Waals surface area (Å²) in [6, 6.07) is 4.14. The van der Waals surface area contributed by atoms with Gasteiger partial charge >= 0.3 is 12.2 Å². The van der Waals surface area contributed by atoms with Crippen LogP contribution in [0.5, 0.6) is 0 Å². The van der Waals surface area contributed by atoms with E-state index in [2.05, 4.69) is 15.3 Å². The van der Waals surface area contributed by atoms with E-state index in [1.165, 1.54) is 18.3 Å². The molecule has 172 valence electrons. The number of amides is 2. The number of fused-ring (bicyclic) bond motifs is 1. The molecule has 10 heteroatoms. The maximum absolute atomic E-state index is 12.9. The molecule has 2 aromatic rings. The van der Waals surface area contributed by atoms with Crippen LogP contribution < -0.4 is 10.9 Å². The number of alkyl halides is 3. The third-order valence-electron chi connectivity index (χ3n) is 5.31. The van der Waals surface area contributed by atoms with E-state index in [1.54, 1.807) is 4.90 Å². The maximum atomic E-state index is 12.9. The maximum Gasteiger partial charge on any atom is 0.416 e. The topological polar surface area (TPSA) is 102 Å². The van der Waals surface area contributed by atoms with Crippen molar-refractivity contribution < 1.29 is 18.0 Å². The lowest BCUT2D eigenvalue weighted by Crippen LogP contribution is -2.48. The van der Waals surface area contributed by atoms with Crippen LogP contribution in [0.25, 0.3) is 11.4 Å². The van der Waals surface area contributed by atoms with Gasteiger partial charge in [0.25, 0.3) is 5.56 Å². The molecule has 32 heavy (non-hydrogen) atoms. The Morgan fingerprint density at radius 3 is 2.62 bits per heavy atom. The molecule has 1 aromatic heterocycles. The van der Waals surface area contributed by atoms with Crippen molar-refractivity contribution in [2.45, 2.75) is 57.8 Å². The molecule has 7 nitrogen and oxygen atoms in total. The Morgan fingerprint density at radius 2 is 2.03 bits per heavy atom. The number of halogens is 3. The number of benzene rings is 1. The predicted octanol–water partition coefficient (Wildman–Crippen LogP) is 4.29. The number of hydrogen-bond acceptors (Lipinski definition) is 4. The van der Waals surface area contributed by atoms with Gasteiger partial charge in [-0.15, -0.1) is 0 Å². The average molecular weight is 449 g/mol. The summed E-state index contributed by atoms with van der Waals surface area (Å²) in [5, 5.41) is 10.1. The van der Waals surface area contributed by atoms with Crippen molar-refractivity contribution in [1.82, 2.24) is 20.2 Å². The zero-order valence-electron chi connectivity index (χ0n) is 17.9. The van der Waals surface area contributed by atoms with E-state index >= 15 is 0 Å². The van der Waals surface area contributed by atoms with Crippen LogP contribution in [0.4, 0.5) is 18.0 Å². The summed E-state index contributed by atoms with van der Waals surface area (Å²) in [6.45, 7) is 4.17. The smallest absolute Gasteiger partial charge is 0.336 e. The summed E-state index contributed by atoms with van der Waals surface area (Å²) < 4.78 is 38.6. The number of aromatic nitrogens is 2. The van der Waals surface area contributed by atoms with Gasteiger partial charge in [-0.3, -0.25) is 4.79 Å². The minimum absolute atomic E-state index is 0.0567. The first-order valence-corrected chi connectivity index (χ1v) is 10.4. The molecular weight excluding hydrogens is 423 g/mol. The van der Waals surface area contributed by atoms with Gasteiger partial charge in [0.05, 0.1) is 23.4 Å². The Kier molecular flexibility index (Phi) is 7.00. The van der Waals surface area contributed by atoms with Gasteiger partial charge in [-0.05, 0) is 51.5 Å². The lowest BCUT2D eigenvalue weighted by Gasteiger charge is -2.34. The van der Waals surface area contributed by atoms with Crippen molar-refractivity contribution in [3.63, 3.8) is 0 Å². The summed E-state index contributed by atoms with van der Waals surface area (Å²) in [4.78, 5) is 34.3. The van der Waals surface area contributed by atoms with Gasteiger partial charge in [0, 0.05) is 24.1 Å². The Bertz CT molecular complexity index is 1030. The molecule has 3 N–H and O–H groups in total. The number of nitrogens with zero attached hydrogens (tertiary/aromatic N) is 2. The first-order valence-electron chi connectivity index (χ1n) is 10.4. The number of aromatic amines is 1. The minimum atomic E-state index is -4.45. The van der Waals surface area contributed by atoms with Crippen molar-refractivity contribution in [2.75, 3.05) is 6.54 Å². The van der Waals surface area contributed by atoms with Gasteiger partial charge in [0.15, 0.2) is 0 Å². The van der Waals surface area contributed by atoms with Crippen molar-refractivity contribution in [1.29, 1.82) is 5.41 Å². The van der Waals surface area contributed by atoms with Crippen LogP contribution in [0.3, 0.4) is 0 Å². The molecule has 0 saturated carbocycles. The van der Waals surface area contributed by atoms with Crippen LogP contribution in [0.2, 0.25) is 0 Å². The van der Waals surface area contributed by atoms with Gasteiger partial charge in [0.1, 0.15) is 5.82 Å². The molecule has 1 aliphatic heterocycles. The molecule has 3 rings (SSSR count). The third kappa shape index (κ3) is 5.35. The first-order chi connectivity index (χ1) is 15.1. The highest BCUT2D eigenvalue weighted by Gasteiger charge is 2.32. The number of carbonyl (C=O) groups is 1. The van der Waals surface area contributed by atoms with Gasteiger partial charge in [-0.1, -0.05) is 12.1 Å². The predicted molar refractivity (Wildman–Crippen MR) is 115 cm³/mol. The fourth-order valence-corrected chi connectivity index (χ4v) is 3.75. The van der Waals surface area contributed by atoms with Crippen LogP contribution in [0, 0.1) is 5.41 Å². The normalized spacial score (nSPS) is 16.1. The van der Waals surface area contributed by atoms with Crippen LogP contribution in [0.1, 0.15) is 55.8 Å². The zero-order valence-corrected chi connectivity index (χ0v) is 17.9. The van der Waals surface area contributed by atoms with E-state index in [-0.39, 0.29) is 30.4 Å². The van der Waals surface area contributed by atoms with Crippen LogP contribution in [0.15, 0.2) is 29.1 Å². The van der Waals surface area contributed by atoms with Crippen LogP contribution >= 0.6 is 0 Å². The molecule has 2 amide bonds. The molecule has 0 bridgehead atoms. The van der Waals surface area contributed by atoms with Gasteiger partial charge in [-0.2, -0.15) is 13.2 Å². The van der Waals surface area contributed by atoms with Gasteiger partial charge in [-0.25, -0.2) is 9.78 Å². The van der Waals surface area contributed by atoms with Gasteiger partial charge < -0.3 is 20.6 Å². The van der Waals surface area contributed by atoms with Crippen molar-refractivity contribution in [2.24, 2.45) is 0 Å². The number of H-pyrrole nitrogens is 1. The van der Waals surface area contributed by atoms with Gasteiger partial charge in [0.2, 0.25) is 0 Å². The molecule has 1 atom stereocenters. The number of carbonyl (C=O) groups excluding carboxylic acids is 1. The number of urea groups is 1. The minimum Gasteiger partial charge on any atom is -0.336 e. The Morgan fingerprint density at radius 1 is 1.34 bits per heavy atom. The van der Waals surface area contributed by atoms with Crippen molar-refractivity contribution in [3.05, 3.63) is 51.4 Å². The summed E-state index contributed by atoms with van der Waals surface area (Å²) in [7, 11) is 0. The highest BCUT2D eigenvalue weighted by atomic mass is 19.4. The number of hydrogen-bond donors (Lipinski definition) is 3. The summed E-state index contributed by atoms with van der Waals surface area (Å²) in [5.41, 5.74) is 0.117. The molecule has 0 saturated heterocycles. The first kappa shape index (κ1) is 23.5. The molecular formula is C22H26F3N5O2. The van der Waals surface area contributed by atoms with E-state index in [4.69, 9.17) is 5.41 Å². The number of rotatable bonds is 6. The average Bonchev–Trinajstić information content (AvgIpc) is 2.73. The molecule has 1 unspecified atom stereocenters. The third-order valence-corrected chi connectivity index (χ3v) is 5.31. The van der Waals surface area contributed by atoms with Crippen molar-refractivity contribution >= 4 is 12.2 Å². The number of unbranched alkanes of at least 4 members (excludes halogenated alkanes) is 1. The van der Waals surface area contributed by atoms with Crippen LogP contribution in [-0.4, -0.2) is 39.7 Å². The van der Waals surface area contributed by atoms with E-state index in [0.29, 0.717) is 42.6 Å². The highest BCUT2D eigenvalue weighted by Crippen LogP contribution is 2.32. The molecule has 1 aliphatic rings. The van der Waals surface area contributed by atoms with Crippen molar-refractivity contribution in [3.8, 4) is 11.4 Å². The van der Waals surface area contributed by atoms with E-state index < -0.39 is 17.3 Å². The summed E-state index contributed by atoms with van der Waals surface area (Å²) in [6.07, 6.45) is -1.26. The second kappa shape index (κ2) is 9.54. The van der Waals surface area contributed by atoms with E-state index in [1.807, 2.05) is 13.8 Å². The van der Waals surface area contributed by atoms with E-state index in [9.17, 15) is 22.8 Å². The Hall–Kier alpha value is -3.17. The largest absolute Gasteiger partial charge is 0.416 e. The fraction of sp³-hybridized carbons (Fsp3) is 0.455. The molecule has 0 aliphatic carbocycles. The fourth-order valence-electron chi connectivity index (χ4n) is 3.75. The molecule has 1 aromatic carbocycles. The van der Waals surface area contributed by atoms with E-state index in [0.717, 1.165) is 12.1 Å². The molecule has 2 heterocycles. The second-order valence-corrected chi connectivity index (χ2v) is 8.17. The molecule has 0 radical (unpaired) electrons. The lowest BCUT2D eigenvalue weighted by atomic mass is 9.90. The number of nitrogens with one attached hydrogen (secondary N) is 3. The zero-order chi connectivity index (χ0) is 23.5. The molecule has 0 spiro atoms. The quantitative estimate of drug-likeness (QED) is 0.453. The lowest BCUT2D eigenvalue weighted by molar-refractivity contribution is -0.137. The Balaban J connectivity index is 1.97. The molecule has 0 fully saturated rings. The SMILES string of the molecule is CC(C)NC(=O)N1Cc2c(nc(-c3ccc(C(F)(F)F)cc3)[nH]c2=O)C(CCCC=N)C1. The monoisotopic (exact) mass is 449 g/mol. The van der Waals surface area contributed by atoms with Crippen LogP contribution in [-0.2, 0) is 12.7 Å². The standard InChI is InChI=1S/C22H26F3N5O2/c1-13(2)27-21(32)30-11-15(5-3-4-10-26)18-17(12-30)20(31)29-19(28-18)14-6-8-16(9-7-14)22(23,24)25/h6-10,13,15,26H,3-5,11-12H2,1-2H3,(H,27,32)(H,28,29,31). The summed E-state index contributed by atoms with van der Waals surface area (Å²) in [5.74, 6) is -0.0216. The Labute approximate surface area is 183 Å². The second-order valence-electron chi connectivity index (χ2n) is 8.17.